The number of fused-ring (bicyclic) bond motifs is 2. The molecule has 0 aliphatic carbocycles. The smallest absolute Gasteiger partial charge is 0.410 e. The molecule has 2 atom stereocenters. The van der Waals surface area contributed by atoms with E-state index in [1.54, 1.807) is 18.2 Å². The number of benzene rings is 2. The van der Waals surface area contributed by atoms with E-state index in [-0.39, 0.29) is 29.9 Å². The summed E-state index contributed by atoms with van der Waals surface area (Å²) < 4.78 is 11.6. The third-order valence-corrected chi connectivity index (χ3v) is 6.57. The standard InChI is InChI=1S/C28H32N2O4/c1-28(2,3)34-27(32)30-23-10-7-11-24(30)15-22(14-23)26(31)20-12-13-21(17-29)25(16-20)33-18-19-8-5-4-6-9-19/h4-6,8-9,12-13,16,22-24H,7,10-11,14-15,18H2,1-3H3. The van der Waals surface area contributed by atoms with E-state index in [9.17, 15) is 14.9 Å². The van der Waals surface area contributed by atoms with E-state index in [0.717, 1.165) is 24.8 Å². The second-order valence-corrected chi connectivity index (χ2v) is 10.3. The lowest BCUT2D eigenvalue weighted by Gasteiger charge is -2.48. The maximum Gasteiger partial charge on any atom is 0.410 e. The minimum Gasteiger partial charge on any atom is -0.487 e. The first-order chi connectivity index (χ1) is 16.2. The number of ether oxygens (including phenoxy) is 2. The van der Waals surface area contributed by atoms with Crippen molar-refractivity contribution in [2.45, 2.75) is 77.2 Å². The van der Waals surface area contributed by atoms with Gasteiger partial charge in [-0.2, -0.15) is 5.26 Å². The van der Waals surface area contributed by atoms with Gasteiger partial charge in [0, 0.05) is 23.6 Å². The van der Waals surface area contributed by atoms with Gasteiger partial charge in [0.2, 0.25) is 0 Å². The molecule has 6 nitrogen and oxygen atoms in total. The summed E-state index contributed by atoms with van der Waals surface area (Å²) in [6.45, 7) is 5.95. The molecule has 2 saturated heterocycles. The number of amides is 1. The first-order valence-corrected chi connectivity index (χ1v) is 12.0. The van der Waals surface area contributed by atoms with Gasteiger partial charge in [0.05, 0.1) is 5.56 Å². The van der Waals surface area contributed by atoms with Gasteiger partial charge in [0.15, 0.2) is 5.78 Å². The summed E-state index contributed by atoms with van der Waals surface area (Å²) in [6.07, 6.45) is 3.83. The quantitative estimate of drug-likeness (QED) is 0.520. The van der Waals surface area contributed by atoms with Gasteiger partial charge in [-0.3, -0.25) is 4.79 Å². The minimum absolute atomic E-state index is 0.0171. The number of nitrogens with zero attached hydrogens (tertiary/aromatic N) is 2. The maximum atomic E-state index is 13.5. The molecular formula is C28H32N2O4. The van der Waals surface area contributed by atoms with Crippen LogP contribution in [0.15, 0.2) is 48.5 Å². The Balaban J connectivity index is 1.49. The molecule has 4 rings (SSSR count). The Labute approximate surface area is 201 Å². The van der Waals surface area contributed by atoms with Gasteiger partial charge < -0.3 is 14.4 Å². The van der Waals surface area contributed by atoms with Gasteiger partial charge in [-0.15, -0.1) is 0 Å². The molecule has 2 heterocycles. The molecule has 2 bridgehead atoms. The van der Waals surface area contributed by atoms with Crippen molar-refractivity contribution < 1.29 is 19.1 Å². The van der Waals surface area contributed by atoms with Crippen molar-refractivity contribution >= 4 is 11.9 Å². The Bertz CT molecular complexity index is 1070. The van der Waals surface area contributed by atoms with Gasteiger partial charge in [-0.25, -0.2) is 4.79 Å². The minimum atomic E-state index is -0.545. The number of hydrogen-bond acceptors (Lipinski definition) is 5. The van der Waals surface area contributed by atoms with Gasteiger partial charge >= 0.3 is 6.09 Å². The largest absolute Gasteiger partial charge is 0.487 e. The molecule has 2 aromatic rings. The Kier molecular flexibility index (Phi) is 6.92. The number of carbonyl (C=O) groups is 2. The normalized spacial score (nSPS) is 21.9. The van der Waals surface area contributed by atoms with Gasteiger partial charge in [-0.1, -0.05) is 30.3 Å². The van der Waals surface area contributed by atoms with Crippen molar-refractivity contribution in [3.05, 3.63) is 65.2 Å². The van der Waals surface area contributed by atoms with Gasteiger partial charge in [-0.05, 0) is 76.6 Å². The summed E-state index contributed by atoms with van der Waals surface area (Å²) >= 11 is 0. The number of Topliss-reactive ketones (excluding diaryl/α,β-unsaturated/α-hetero) is 1. The molecule has 0 spiro atoms. The van der Waals surface area contributed by atoms with Crippen LogP contribution in [0, 0.1) is 17.2 Å². The number of nitriles is 1. The van der Waals surface area contributed by atoms with Crippen molar-refractivity contribution in [1.29, 1.82) is 5.26 Å². The van der Waals surface area contributed by atoms with Crippen LogP contribution in [0.5, 0.6) is 5.75 Å². The fraction of sp³-hybridized carbons (Fsp3) is 0.464. The molecule has 2 aliphatic heterocycles. The third kappa shape index (κ3) is 5.41. The highest BCUT2D eigenvalue weighted by Gasteiger charge is 2.44. The second-order valence-electron chi connectivity index (χ2n) is 10.3. The molecule has 34 heavy (non-hydrogen) atoms. The average Bonchev–Trinajstić information content (AvgIpc) is 2.80. The van der Waals surface area contributed by atoms with Crippen LogP contribution in [0.2, 0.25) is 0 Å². The zero-order valence-corrected chi connectivity index (χ0v) is 20.1. The molecular weight excluding hydrogens is 428 g/mol. The van der Waals surface area contributed by atoms with E-state index in [4.69, 9.17) is 9.47 Å². The number of piperidine rings is 2. The van der Waals surface area contributed by atoms with Crippen molar-refractivity contribution in [1.82, 2.24) is 4.90 Å². The molecule has 2 unspecified atom stereocenters. The summed E-state index contributed by atoms with van der Waals surface area (Å²) in [4.78, 5) is 28.2. The highest BCUT2D eigenvalue weighted by atomic mass is 16.6. The zero-order chi connectivity index (χ0) is 24.3. The first-order valence-electron chi connectivity index (χ1n) is 12.0. The number of hydrogen-bond donors (Lipinski definition) is 0. The summed E-state index contributed by atoms with van der Waals surface area (Å²) in [5.41, 5.74) is 1.40. The monoisotopic (exact) mass is 460 g/mol. The maximum absolute atomic E-state index is 13.5. The topological polar surface area (TPSA) is 79.6 Å². The van der Waals surface area contributed by atoms with Crippen LogP contribution >= 0.6 is 0 Å². The van der Waals surface area contributed by atoms with Crippen molar-refractivity contribution in [3.63, 3.8) is 0 Å². The molecule has 2 aromatic carbocycles. The van der Waals surface area contributed by atoms with Crippen molar-refractivity contribution in [2.75, 3.05) is 0 Å². The van der Waals surface area contributed by atoms with Crippen LogP contribution in [0.3, 0.4) is 0 Å². The lowest BCUT2D eigenvalue weighted by molar-refractivity contribution is -0.0260. The summed E-state index contributed by atoms with van der Waals surface area (Å²) in [6, 6.07) is 17.0. The molecule has 6 heteroatoms. The van der Waals surface area contributed by atoms with E-state index < -0.39 is 5.60 Å². The summed E-state index contributed by atoms with van der Waals surface area (Å²) in [5.74, 6) is 0.308. The molecule has 0 aromatic heterocycles. The van der Waals surface area contributed by atoms with E-state index in [2.05, 4.69) is 6.07 Å². The van der Waals surface area contributed by atoms with Crippen LogP contribution < -0.4 is 4.74 Å². The van der Waals surface area contributed by atoms with Crippen LogP contribution in [-0.4, -0.2) is 34.5 Å². The zero-order valence-electron chi connectivity index (χ0n) is 20.1. The van der Waals surface area contributed by atoms with Crippen LogP contribution in [0.1, 0.15) is 74.4 Å². The fourth-order valence-corrected chi connectivity index (χ4v) is 5.07. The Morgan fingerprint density at radius 2 is 1.74 bits per heavy atom. The lowest BCUT2D eigenvalue weighted by Crippen LogP contribution is -2.56. The molecule has 178 valence electrons. The number of ketones is 1. The van der Waals surface area contributed by atoms with E-state index >= 15 is 0 Å². The number of rotatable bonds is 5. The van der Waals surface area contributed by atoms with Crippen LogP contribution in [0.25, 0.3) is 0 Å². The summed E-state index contributed by atoms with van der Waals surface area (Å²) in [5, 5.41) is 9.50. The molecule has 2 aliphatic rings. The SMILES string of the molecule is CC(C)(C)OC(=O)N1C2CCCC1CC(C(=O)c1ccc(C#N)c(OCc3ccccc3)c1)C2. The van der Waals surface area contributed by atoms with Crippen LogP contribution in [0.4, 0.5) is 4.79 Å². The molecule has 0 N–H and O–H groups in total. The Morgan fingerprint density at radius 3 is 2.35 bits per heavy atom. The fourth-order valence-electron chi connectivity index (χ4n) is 5.07. The molecule has 0 saturated carbocycles. The Hall–Kier alpha value is -3.33. The average molecular weight is 461 g/mol. The predicted molar refractivity (Wildman–Crippen MR) is 128 cm³/mol. The van der Waals surface area contributed by atoms with Gasteiger partial charge in [0.1, 0.15) is 24.0 Å². The predicted octanol–water partition coefficient (Wildman–Crippen LogP) is 5.89. The van der Waals surface area contributed by atoms with E-state index in [0.29, 0.717) is 36.3 Å². The molecule has 0 radical (unpaired) electrons. The highest BCUT2D eigenvalue weighted by molar-refractivity contribution is 5.98. The van der Waals surface area contributed by atoms with E-state index in [1.165, 1.54) is 0 Å². The van der Waals surface area contributed by atoms with Crippen molar-refractivity contribution in [2.24, 2.45) is 5.92 Å². The highest BCUT2D eigenvalue weighted by Crippen LogP contribution is 2.39. The Morgan fingerprint density at radius 1 is 1.06 bits per heavy atom. The van der Waals surface area contributed by atoms with E-state index in [1.807, 2.05) is 56.0 Å². The third-order valence-electron chi connectivity index (χ3n) is 6.57. The first kappa shape index (κ1) is 23.8. The van der Waals surface area contributed by atoms with Gasteiger partial charge in [0.25, 0.3) is 0 Å². The number of carbonyl (C=O) groups excluding carboxylic acids is 2. The van der Waals surface area contributed by atoms with Crippen LogP contribution in [-0.2, 0) is 11.3 Å². The second kappa shape index (κ2) is 9.89. The molecule has 1 amide bonds. The lowest BCUT2D eigenvalue weighted by atomic mass is 9.76. The molecule has 2 fully saturated rings. The van der Waals surface area contributed by atoms with Crippen molar-refractivity contribution in [3.8, 4) is 11.8 Å². The summed E-state index contributed by atoms with van der Waals surface area (Å²) in [7, 11) is 0.